The van der Waals surface area contributed by atoms with E-state index in [2.05, 4.69) is 112 Å². The summed E-state index contributed by atoms with van der Waals surface area (Å²) in [5.74, 6) is 0.212. The van der Waals surface area contributed by atoms with Crippen LogP contribution in [0.2, 0.25) is 0 Å². The summed E-state index contributed by atoms with van der Waals surface area (Å²) in [5.41, 5.74) is 12.2. The number of nitrogens with zero attached hydrogens (tertiary/aromatic N) is 9. The standard InChI is InChI=1S/2C23H24N4O3S2.C22H22N4O3S2.6H2/c1-16-4-2-5-17-6-3-13-27(21(16)17)20-11-14-26(22(20)28)18-7-9-19(10-8-18)32(29,30)25-23-24-12-15-31-23;1-16-4-9-20-17(15-16)3-2-12-27(20)21-10-13-26(22(21)28)18-5-7-19(8-6-18)32(29,30)25-23-24-11-14-31-23;27-21-20(25-12-9-16-3-1-2-4-17(16)15-25)10-13-26(21)18-5-7-19(8-6-18)31(28,29)24-22-23-11-14-30-22;;;;;;/h2,4-5,7-10,12,15,20H,3,6,11,13-14H2,1H3,(H,24,25);4-9,11,14-15,21H,2-3,10,12-13H2,1H3,(H,24,25);1-8,11,14,20H,9-10,12-13,15H2,(H,23,24);6*1H/t20-;21-;20-;;;;;;/m100....../s1. The first-order chi connectivity index (χ1) is 45.9. The van der Waals surface area contributed by atoms with Crippen molar-refractivity contribution in [1.29, 1.82) is 0 Å². The molecular weight excluding hydrogens is 1320 g/mol. The van der Waals surface area contributed by atoms with Gasteiger partial charge >= 0.3 is 0 Å². The van der Waals surface area contributed by atoms with E-state index in [1.165, 1.54) is 109 Å². The van der Waals surface area contributed by atoms with Gasteiger partial charge < -0.3 is 24.5 Å². The molecule has 0 unspecified atom stereocenters. The highest BCUT2D eigenvalue weighted by Gasteiger charge is 2.41. The molecule has 6 aliphatic heterocycles. The number of thiazole rings is 3. The zero-order chi connectivity index (χ0) is 66.0. The van der Waals surface area contributed by atoms with Crippen LogP contribution < -0.4 is 38.7 Å². The third-order valence-electron chi connectivity index (χ3n) is 18.1. The highest BCUT2D eigenvalue weighted by molar-refractivity contribution is 7.93. The quantitative estimate of drug-likeness (QED) is 0.0863. The molecule has 3 saturated heterocycles. The van der Waals surface area contributed by atoms with Gasteiger partial charge in [-0.1, -0.05) is 60.2 Å². The molecule has 504 valence electrons. The van der Waals surface area contributed by atoms with Crippen LogP contribution in [0.15, 0.2) is 183 Å². The van der Waals surface area contributed by atoms with E-state index in [9.17, 15) is 39.6 Å². The van der Waals surface area contributed by atoms with E-state index >= 15 is 0 Å². The van der Waals surface area contributed by atoms with E-state index in [4.69, 9.17) is 0 Å². The van der Waals surface area contributed by atoms with Gasteiger partial charge in [0.15, 0.2) is 15.4 Å². The number of aromatic nitrogens is 3. The van der Waals surface area contributed by atoms with E-state index in [1.807, 2.05) is 6.07 Å². The monoisotopic (exact) mass is 1400 g/mol. The Morgan fingerprint density at radius 2 is 0.874 bits per heavy atom. The topological polar surface area (TPSA) is 248 Å². The first-order valence-corrected chi connectivity index (χ1v) is 38.5. The Bertz CT molecular complexity index is 4630. The first-order valence-electron chi connectivity index (χ1n) is 31.4. The molecule has 3 aromatic heterocycles. The smallest absolute Gasteiger partial charge is 0.263 e. The summed E-state index contributed by atoms with van der Waals surface area (Å²) in [6, 6.07) is 40.1. The van der Waals surface area contributed by atoms with Gasteiger partial charge in [0.1, 0.15) is 12.1 Å². The fourth-order valence-electron chi connectivity index (χ4n) is 13.5. The van der Waals surface area contributed by atoms with Crippen LogP contribution >= 0.6 is 34.0 Å². The van der Waals surface area contributed by atoms with Crippen molar-refractivity contribution < 1.29 is 48.2 Å². The predicted octanol–water partition coefficient (Wildman–Crippen LogP) is 12.2. The summed E-state index contributed by atoms with van der Waals surface area (Å²) in [7, 11) is -11.1. The van der Waals surface area contributed by atoms with Gasteiger partial charge in [0.05, 0.1) is 20.7 Å². The molecule has 0 spiro atoms. The molecular formula is C68H82N12O9S6. The molecule has 0 saturated carbocycles. The van der Waals surface area contributed by atoms with E-state index in [0.29, 0.717) is 46.4 Å². The van der Waals surface area contributed by atoms with Crippen molar-refractivity contribution in [3.05, 3.63) is 202 Å². The van der Waals surface area contributed by atoms with E-state index < -0.39 is 30.1 Å². The molecule has 15 rings (SSSR count). The lowest BCUT2D eigenvalue weighted by Gasteiger charge is -2.36. The number of sulfonamides is 3. The predicted molar refractivity (Wildman–Crippen MR) is 387 cm³/mol. The van der Waals surface area contributed by atoms with Crippen LogP contribution in [0.5, 0.6) is 0 Å². The number of hydrogen-bond donors (Lipinski definition) is 3. The molecule has 3 atom stereocenters. The lowest BCUT2D eigenvalue weighted by Crippen LogP contribution is -2.44. The molecule has 3 amide bonds. The van der Waals surface area contributed by atoms with Gasteiger partial charge in [-0.05, 0) is 172 Å². The summed E-state index contributed by atoms with van der Waals surface area (Å²) in [4.78, 5) is 64.2. The van der Waals surface area contributed by atoms with Crippen molar-refractivity contribution in [2.24, 2.45) is 0 Å². The number of para-hydroxylation sites is 1. The summed E-state index contributed by atoms with van der Waals surface area (Å²) in [5, 5.41) is 6.09. The summed E-state index contributed by atoms with van der Waals surface area (Å²) in [6.07, 6.45) is 12.0. The average molecular weight is 1400 g/mol. The molecule has 6 aromatic carbocycles. The van der Waals surface area contributed by atoms with Crippen molar-refractivity contribution in [3.63, 3.8) is 0 Å². The second kappa shape index (κ2) is 27.6. The number of aryl methyl sites for hydroxylation is 4. The normalized spacial score (nSPS) is 18.9. The number of nitrogens with one attached hydrogen (secondary N) is 3. The molecule has 9 heterocycles. The molecule has 3 fully saturated rings. The molecule has 6 aliphatic rings. The van der Waals surface area contributed by atoms with Gasteiger partial charge in [0.25, 0.3) is 30.1 Å². The third-order valence-corrected chi connectivity index (χ3v) is 24.6. The Balaban J connectivity index is 0.000000206. The Morgan fingerprint density at radius 3 is 1.36 bits per heavy atom. The number of anilines is 8. The molecule has 21 nitrogen and oxygen atoms in total. The lowest BCUT2D eigenvalue weighted by atomic mass is 9.96. The SMILES string of the molecule is Cc1ccc2c(c1)CCCN2[C@H]1CCN(c2ccc(S(=O)(=O)Nc3nccs3)cc2)C1=O.Cc1cccc2c1N([C@@H]1CCN(c3ccc(S(=O)(=O)Nc4nccs4)cc3)C1=O)CCC2.O=C1[C@@H](N2CCc3ccccc3C2)CCN1c1ccc(S(=O)(=O)Nc2nccs2)cc1.[HH].[HH].[HH].[HH].[HH].[HH]. The van der Waals surface area contributed by atoms with Gasteiger partial charge in [-0.3, -0.25) is 33.4 Å². The Morgan fingerprint density at radius 1 is 0.442 bits per heavy atom. The molecule has 0 aliphatic carbocycles. The summed E-state index contributed by atoms with van der Waals surface area (Å²) in [6.45, 7) is 9.48. The fraction of sp³-hybridized carbons (Fsp3) is 0.294. The van der Waals surface area contributed by atoms with Crippen molar-refractivity contribution in [1.82, 2.24) is 19.9 Å². The zero-order valence-corrected chi connectivity index (χ0v) is 57.1. The number of fused-ring (bicyclic) bond motifs is 3. The minimum atomic E-state index is -3.72. The van der Waals surface area contributed by atoms with Crippen molar-refractivity contribution in [2.75, 3.05) is 77.9 Å². The highest BCUT2D eigenvalue weighted by atomic mass is 32.2. The van der Waals surface area contributed by atoms with Crippen LogP contribution in [-0.4, -0.2) is 120 Å². The molecule has 3 N–H and O–H groups in total. The van der Waals surface area contributed by atoms with Gasteiger partial charge in [-0.15, -0.1) is 34.0 Å². The Kier molecular flexibility index (Phi) is 18.9. The maximum atomic E-state index is 13.4. The third kappa shape index (κ3) is 14.1. The van der Waals surface area contributed by atoms with Crippen LogP contribution in [0.1, 0.15) is 74.0 Å². The van der Waals surface area contributed by atoms with Crippen LogP contribution in [0, 0.1) is 13.8 Å². The maximum absolute atomic E-state index is 13.4. The molecule has 27 heteroatoms. The second-order valence-electron chi connectivity index (χ2n) is 24.0. The van der Waals surface area contributed by atoms with Crippen LogP contribution in [-0.2, 0) is 70.3 Å². The maximum Gasteiger partial charge on any atom is 0.263 e. The lowest BCUT2D eigenvalue weighted by molar-refractivity contribution is -0.122. The van der Waals surface area contributed by atoms with Gasteiger partial charge in [-0.25, -0.2) is 40.2 Å². The minimum absolute atomic E-state index is 0. The van der Waals surface area contributed by atoms with Gasteiger partial charge in [0, 0.05) is 118 Å². The number of benzene rings is 6. The average Bonchev–Trinajstić information content (AvgIpc) is 1.75. The highest BCUT2D eigenvalue weighted by Crippen LogP contribution is 2.38. The van der Waals surface area contributed by atoms with E-state index in [-0.39, 0.29) is 59.1 Å². The van der Waals surface area contributed by atoms with Gasteiger partial charge in [-0.2, -0.15) is 0 Å². The molecule has 0 bridgehead atoms. The molecule has 0 radical (unpaired) electrons. The van der Waals surface area contributed by atoms with Crippen LogP contribution in [0.25, 0.3) is 0 Å². The fourth-order valence-corrected chi connectivity index (χ4v) is 18.9. The van der Waals surface area contributed by atoms with Crippen LogP contribution in [0.3, 0.4) is 0 Å². The number of rotatable bonds is 15. The molecule has 9 aromatic rings. The molecule has 95 heavy (non-hydrogen) atoms. The number of hydrogen-bond acceptors (Lipinski definition) is 18. The summed E-state index contributed by atoms with van der Waals surface area (Å²) >= 11 is 3.66. The minimum Gasteiger partial charge on any atom is -0.359 e. The van der Waals surface area contributed by atoms with Crippen LogP contribution in [0.4, 0.5) is 43.8 Å². The zero-order valence-electron chi connectivity index (χ0n) is 52.2. The van der Waals surface area contributed by atoms with Gasteiger partial charge in [0.2, 0.25) is 17.7 Å². The largest absolute Gasteiger partial charge is 0.359 e. The van der Waals surface area contributed by atoms with E-state index in [0.717, 1.165) is 88.9 Å². The second-order valence-corrected chi connectivity index (χ2v) is 31.7. The Hall–Kier alpha value is -8.57. The van der Waals surface area contributed by atoms with Crippen molar-refractivity contribution in [3.8, 4) is 0 Å². The van der Waals surface area contributed by atoms with E-state index in [1.54, 1.807) is 85.8 Å². The number of amides is 3. The Labute approximate surface area is 574 Å². The summed E-state index contributed by atoms with van der Waals surface area (Å²) < 4.78 is 82.7. The van der Waals surface area contributed by atoms with Crippen molar-refractivity contribution >= 4 is 126 Å². The number of carbonyl (C=O) groups is 3. The van der Waals surface area contributed by atoms with Crippen molar-refractivity contribution in [2.45, 2.75) is 105 Å². The number of carbonyl (C=O) groups excluding carboxylic acids is 3. The first kappa shape index (κ1) is 65.1.